The van der Waals surface area contributed by atoms with Crippen molar-refractivity contribution < 1.29 is 14.2 Å². The SMILES string of the molecule is CC(OCCOC1CCCCO1)c1ccnc(Cl)c1. The molecular formula is C14H20ClNO3. The maximum Gasteiger partial charge on any atom is 0.157 e. The predicted octanol–water partition coefficient (Wildman–Crippen LogP) is 3.36. The van der Waals surface area contributed by atoms with E-state index in [2.05, 4.69) is 4.98 Å². The molecule has 0 spiro atoms. The lowest BCUT2D eigenvalue weighted by atomic mass is 10.2. The summed E-state index contributed by atoms with van der Waals surface area (Å²) in [5.41, 5.74) is 1.02. The van der Waals surface area contributed by atoms with Crippen LogP contribution in [-0.4, -0.2) is 31.1 Å². The van der Waals surface area contributed by atoms with E-state index in [1.165, 1.54) is 6.42 Å². The summed E-state index contributed by atoms with van der Waals surface area (Å²) in [7, 11) is 0. The lowest BCUT2D eigenvalue weighted by molar-refractivity contribution is -0.171. The van der Waals surface area contributed by atoms with Crippen LogP contribution in [-0.2, 0) is 14.2 Å². The second-order valence-electron chi connectivity index (χ2n) is 4.59. The van der Waals surface area contributed by atoms with Crippen LogP contribution in [0.5, 0.6) is 0 Å². The maximum atomic E-state index is 5.84. The van der Waals surface area contributed by atoms with Crippen molar-refractivity contribution in [2.45, 2.75) is 38.6 Å². The van der Waals surface area contributed by atoms with Gasteiger partial charge in [0.15, 0.2) is 6.29 Å². The molecule has 1 aromatic heterocycles. The molecule has 0 aliphatic carbocycles. The topological polar surface area (TPSA) is 40.6 Å². The number of ether oxygens (including phenoxy) is 3. The summed E-state index contributed by atoms with van der Waals surface area (Å²) < 4.78 is 16.8. The average molecular weight is 286 g/mol. The molecule has 19 heavy (non-hydrogen) atoms. The largest absolute Gasteiger partial charge is 0.371 e. The summed E-state index contributed by atoms with van der Waals surface area (Å²) in [5, 5.41) is 0.486. The van der Waals surface area contributed by atoms with Gasteiger partial charge in [-0.2, -0.15) is 0 Å². The van der Waals surface area contributed by atoms with Gasteiger partial charge in [-0.25, -0.2) is 4.98 Å². The van der Waals surface area contributed by atoms with E-state index in [-0.39, 0.29) is 12.4 Å². The standard InChI is InChI=1S/C14H20ClNO3/c1-11(12-5-6-16-13(15)10-12)17-8-9-19-14-4-2-3-7-18-14/h5-6,10-11,14H,2-4,7-9H2,1H3. The number of rotatable bonds is 6. The molecule has 1 saturated heterocycles. The van der Waals surface area contributed by atoms with E-state index in [0.717, 1.165) is 25.0 Å². The molecule has 2 atom stereocenters. The molecule has 106 valence electrons. The summed E-state index contributed by atoms with van der Waals surface area (Å²) in [6.07, 6.45) is 4.91. The van der Waals surface area contributed by atoms with Crippen molar-refractivity contribution in [3.05, 3.63) is 29.0 Å². The molecule has 1 aliphatic heterocycles. The van der Waals surface area contributed by atoms with Crippen molar-refractivity contribution in [1.29, 1.82) is 0 Å². The molecule has 5 heteroatoms. The fourth-order valence-electron chi connectivity index (χ4n) is 2.01. The Labute approximate surface area is 119 Å². The summed E-state index contributed by atoms with van der Waals surface area (Å²) in [6.45, 7) is 3.88. The molecule has 2 unspecified atom stereocenters. The molecule has 0 saturated carbocycles. The fraction of sp³-hybridized carbons (Fsp3) is 0.643. The molecule has 1 aliphatic rings. The molecule has 2 rings (SSSR count). The summed E-state index contributed by atoms with van der Waals surface area (Å²) in [4.78, 5) is 3.95. The summed E-state index contributed by atoms with van der Waals surface area (Å²) >= 11 is 5.84. The second kappa shape index (κ2) is 7.80. The second-order valence-corrected chi connectivity index (χ2v) is 4.98. The van der Waals surface area contributed by atoms with Crippen molar-refractivity contribution in [1.82, 2.24) is 4.98 Å². The number of pyridine rings is 1. The Kier molecular flexibility index (Phi) is 6.04. The van der Waals surface area contributed by atoms with Crippen LogP contribution in [0.1, 0.15) is 37.9 Å². The number of aromatic nitrogens is 1. The van der Waals surface area contributed by atoms with Gasteiger partial charge >= 0.3 is 0 Å². The van der Waals surface area contributed by atoms with Crippen LogP contribution < -0.4 is 0 Å². The number of hydrogen-bond acceptors (Lipinski definition) is 4. The minimum absolute atomic E-state index is 0.0172. The molecule has 0 amide bonds. The first kappa shape index (κ1) is 14.7. The molecule has 4 nitrogen and oxygen atoms in total. The molecule has 0 bridgehead atoms. The van der Waals surface area contributed by atoms with Crippen LogP contribution in [0.15, 0.2) is 18.3 Å². The van der Waals surface area contributed by atoms with Crippen LogP contribution in [0.4, 0.5) is 0 Å². The van der Waals surface area contributed by atoms with Crippen molar-refractivity contribution in [3.63, 3.8) is 0 Å². The van der Waals surface area contributed by atoms with Crippen molar-refractivity contribution in [3.8, 4) is 0 Å². The lowest BCUT2D eigenvalue weighted by Crippen LogP contribution is -2.24. The van der Waals surface area contributed by atoms with Gasteiger partial charge in [-0.3, -0.25) is 0 Å². The first-order valence-electron chi connectivity index (χ1n) is 6.72. The van der Waals surface area contributed by atoms with Crippen LogP contribution in [0.3, 0.4) is 0 Å². The molecule has 1 fully saturated rings. The van der Waals surface area contributed by atoms with Gasteiger partial charge in [0.2, 0.25) is 0 Å². The maximum absolute atomic E-state index is 5.84. The Hall–Kier alpha value is -0.680. The predicted molar refractivity (Wildman–Crippen MR) is 73.2 cm³/mol. The van der Waals surface area contributed by atoms with Crippen molar-refractivity contribution in [2.24, 2.45) is 0 Å². The van der Waals surface area contributed by atoms with Crippen LogP contribution in [0, 0.1) is 0 Å². The van der Waals surface area contributed by atoms with E-state index in [9.17, 15) is 0 Å². The molecular weight excluding hydrogens is 266 g/mol. The van der Waals surface area contributed by atoms with Gasteiger partial charge in [-0.15, -0.1) is 0 Å². The first-order chi connectivity index (χ1) is 9.25. The fourth-order valence-corrected chi connectivity index (χ4v) is 2.20. The van der Waals surface area contributed by atoms with Crippen LogP contribution >= 0.6 is 11.6 Å². The Morgan fingerprint density at radius 1 is 1.47 bits per heavy atom. The Morgan fingerprint density at radius 2 is 2.37 bits per heavy atom. The Morgan fingerprint density at radius 3 is 3.11 bits per heavy atom. The van der Waals surface area contributed by atoms with E-state index in [4.69, 9.17) is 25.8 Å². The zero-order valence-electron chi connectivity index (χ0n) is 11.2. The summed E-state index contributed by atoms with van der Waals surface area (Å²) in [5.74, 6) is 0. The van der Waals surface area contributed by atoms with E-state index in [1.54, 1.807) is 6.20 Å². The van der Waals surface area contributed by atoms with Gasteiger partial charge in [-0.1, -0.05) is 11.6 Å². The monoisotopic (exact) mass is 285 g/mol. The zero-order valence-corrected chi connectivity index (χ0v) is 11.9. The van der Waals surface area contributed by atoms with Gasteiger partial charge in [0, 0.05) is 12.8 Å². The molecule has 0 radical (unpaired) electrons. The zero-order chi connectivity index (χ0) is 13.5. The minimum Gasteiger partial charge on any atom is -0.371 e. The quantitative estimate of drug-likeness (QED) is 0.594. The van der Waals surface area contributed by atoms with Crippen molar-refractivity contribution in [2.75, 3.05) is 19.8 Å². The highest BCUT2D eigenvalue weighted by molar-refractivity contribution is 6.29. The highest BCUT2D eigenvalue weighted by Crippen LogP contribution is 2.19. The molecule has 1 aromatic rings. The van der Waals surface area contributed by atoms with Crippen LogP contribution in [0.2, 0.25) is 5.15 Å². The first-order valence-corrected chi connectivity index (χ1v) is 7.10. The molecule has 0 aromatic carbocycles. The van der Waals surface area contributed by atoms with Gasteiger partial charge in [0.25, 0.3) is 0 Å². The normalized spacial score (nSPS) is 21.3. The third kappa shape index (κ3) is 5.07. The highest BCUT2D eigenvalue weighted by Gasteiger charge is 2.14. The lowest BCUT2D eigenvalue weighted by Gasteiger charge is -2.23. The third-order valence-electron chi connectivity index (χ3n) is 3.11. The van der Waals surface area contributed by atoms with Gasteiger partial charge in [0.1, 0.15) is 5.15 Å². The van der Waals surface area contributed by atoms with E-state index in [1.807, 2.05) is 19.1 Å². The van der Waals surface area contributed by atoms with Crippen LogP contribution in [0.25, 0.3) is 0 Å². The summed E-state index contributed by atoms with van der Waals surface area (Å²) in [6, 6.07) is 3.72. The van der Waals surface area contributed by atoms with Gasteiger partial charge in [-0.05, 0) is 43.9 Å². The van der Waals surface area contributed by atoms with Gasteiger partial charge in [0.05, 0.1) is 19.3 Å². The average Bonchev–Trinajstić information content (AvgIpc) is 2.44. The Balaban J connectivity index is 1.64. The van der Waals surface area contributed by atoms with E-state index >= 15 is 0 Å². The molecule has 2 heterocycles. The van der Waals surface area contributed by atoms with E-state index < -0.39 is 0 Å². The van der Waals surface area contributed by atoms with E-state index in [0.29, 0.717) is 18.4 Å². The van der Waals surface area contributed by atoms with Gasteiger partial charge < -0.3 is 14.2 Å². The number of nitrogens with zero attached hydrogens (tertiary/aromatic N) is 1. The third-order valence-corrected chi connectivity index (χ3v) is 3.32. The smallest absolute Gasteiger partial charge is 0.157 e. The highest BCUT2D eigenvalue weighted by atomic mass is 35.5. The molecule has 0 N–H and O–H groups in total. The van der Waals surface area contributed by atoms with Crippen molar-refractivity contribution >= 4 is 11.6 Å². The minimum atomic E-state index is -0.0528. The number of halogens is 1. The Bertz CT molecular complexity index is 383. The number of hydrogen-bond donors (Lipinski definition) is 0.